The number of ether oxygens (including phenoxy) is 1. The second-order valence-corrected chi connectivity index (χ2v) is 4.03. The van der Waals surface area contributed by atoms with E-state index in [1.165, 1.54) is 19.2 Å². The van der Waals surface area contributed by atoms with Gasteiger partial charge in [-0.2, -0.15) is 0 Å². The molecule has 1 rings (SSSR count). The van der Waals surface area contributed by atoms with Gasteiger partial charge in [-0.25, -0.2) is 0 Å². The van der Waals surface area contributed by atoms with Crippen molar-refractivity contribution in [1.82, 2.24) is 5.32 Å². The Labute approximate surface area is 110 Å². The van der Waals surface area contributed by atoms with E-state index in [0.717, 1.165) is 0 Å². The summed E-state index contributed by atoms with van der Waals surface area (Å²) in [6.45, 7) is 1.44. The van der Waals surface area contributed by atoms with Crippen molar-refractivity contribution in [3.05, 3.63) is 39.4 Å². The SMILES string of the molecule is COCC(CO)NC(=O)c1c(C)cccc1[N+](=O)[O-]. The van der Waals surface area contributed by atoms with Crippen LogP contribution in [0, 0.1) is 17.0 Å². The van der Waals surface area contributed by atoms with Crippen LogP contribution in [0.3, 0.4) is 0 Å². The van der Waals surface area contributed by atoms with Gasteiger partial charge in [-0.1, -0.05) is 12.1 Å². The molecule has 0 aliphatic heterocycles. The molecule has 0 saturated heterocycles. The first-order chi connectivity index (χ1) is 9.01. The molecular weight excluding hydrogens is 252 g/mol. The molecule has 0 aliphatic carbocycles. The van der Waals surface area contributed by atoms with E-state index in [0.29, 0.717) is 5.56 Å². The molecule has 0 aromatic heterocycles. The van der Waals surface area contributed by atoms with Crippen molar-refractivity contribution < 1.29 is 19.6 Å². The fourth-order valence-electron chi connectivity index (χ4n) is 1.70. The molecule has 0 spiro atoms. The minimum atomic E-state index is -0.605. The van der Waals surface area contributed by atoms with E-state index in [1.54, 1.807) is 13.0 Å². The minimum absolute atomic E-state index is 0.00190. The number of aliphatic hydroxyl groups is 1. The number of hydrogen-bond acceptors (Lipinski definition) is 5. The van der Waals surface area contributed by atoms with Gasteiger partial charge in [0.1, 0.15) is 5.56 Å². The van der Waals surface area contributed by atoms with Crippen LogP contribution in [-0.2, 0) is 4.74 Å². The van der Waals surface area contributed by atoms with Gasteiger partial charge in [-0.3, -0.25) is 14.9 Å². The molecule has 1 aromatic carbocycles. The van der Waals surface area contributed by atoms with Crippen molar-refractivity contribution in [2.45, 2.75) is 13.0 Å². The Balaban J connectivity index is 3.02. The molecule has 1 amide bonds. The molecule has 0 fully saturated rings. The first-order valence-electron chi connectivity index (χ1n) is 5.66. The molecule has 0 saturated carbocycles. The maximum atomic E-state index is 12.1. The topological polar surface area (TPSA) is 102 Å². The molecule has 19 heavy (non-hydrogen) atoms. The maximum absolute atomic E-state index is 12.1. The second kappa shape index (κ2) is 6.81. The van der Waals surface area contributed by atoms with Crippen molar-refractivity contribution in [3.63, 3.8) is 0 Å². The summed E-state index contributed by atoms with van der Waals surface area (Å²) >= 11 is 0. The van der Waals surface area contributed by atoms with Crippen molar-refractivity contribution in [1.29, 1.82) is 0 Å². The van der Waals surface area contributed by atoms with Gasteiger partial charge >= 0.3 is 0 Å². The van der Waals surface area contributed by atoms with Crippen molar-refractivity contribution >= 4 is 11.6 Å². The zero-order valence-electron chi connectivity index (χ0n) is 10.8. The highest BCUT2D eigenvalue weighted by Crippen LogP contribution is 2.21. The van der Waals surface area contributed by atoms with Crippen LogP contribution in [0.15, 0.2) is 18.2 Å². The lowest BCUT2D eigenvalue weighted by Crippen LogP contribution is -2.41. The number of nitro benzene ring substituents is 1. The quantitative estimate of drug-likeness (QED) is 0.582. The van der Waals surface area contributed by atoms with Crippen LogP contribution in [0.25, 0.3) is 0 Å². The number of nitrogens with zero attached hydrogens (tertiary/aromatic N) is 1. The average molecular weight is 268 g/mol. The van der Waals surface area contributed by atoms with Gasteiger partial charge in [0.05, 0.1) is 24.2 Å². The highest BCUT2D eigenvalue weighted by molar-refractivity contribution is 5.99. The largest absolute Gasteiger partial charge is 0.394 e. The summed E-state index contributed by atoms with van der Waals surface area (Å²) in [5.74, 6) is -0.596. The number of aryl methyl sites for hydroxylation is 1. The van der Waals surface area contributed by atoms with E-state index in [1.807, 2.05) is 0 Å². The lowest BCUT2D eigenvalue weighted by atomic mass is 10.1. The molecule has 7 nitrogen and oxygen atoms in total. The van der Waals surface area contributed by atoms with Gasteiger partial charge in [0.15, 0.2) is 0 Å². The third kappa shape index (κ3) is 3.73. The number of carbonyl (C=O) groups is 1. The zero-order chi connectivity index (χ0) is 14.4. The number of carbonyl (C=O) groups excluding carboxylic acids is 1. The van der Waals surface area contributed by atoms with Crippen molar-refractivity contribution in [2.75, 3.05) is 20.3 Å². The summed E-state index contributed by atoms with van der Waals surface area (Å²) in [5.41, 5.74) is 0.245. The molecule has 104 valence electrons. The first kappa shape index (κ1) is 15.1. The van der Waals surface area contributed by atoms with Crippen molar-refractivity contribution in [2.24, 2.45) is 0 Å². The summed E-state index contributed by atoms with van der Waals surface area (Å²) < 4.78 is 4.83. The summed E-state index contributed by atoms with van der Waals surface area (Å²) in [7, 11) is 1.44. The molecular formula is C12H16N2O5. The number of nitro groups is 1. The normalized spacial score (nSPS) is 11.9. The van der Waals surface area contributed by atoms with E-state index >= 15 is 0 Å². The van der Waals surface area contributed by atoms with E-state index < -0.39 is 16.9 Å². The minimum Gasteiger partial charge on any atom is -0.394 e. The number of amides is 1. The Kier molecular flexibility index (Phi) is 5.40. The van der Waals surface area contributed by atoms with Crippen LogP contribution in [0.5, 0.6) is 0 Å². The Morgan fingerprint density at radius 1 is 1.58 bits per heavy atom. The predicted octanol–water partition coefficient (Wildman–Crippen LogP) is 0.640. The van der Waals surface area contributed by atoms with E-state index in [2.05, 4.69) is 5.32 Å². The molecule has 1 atom stereocenters. The van der Waals surface area contributed by atoms with Gasteiger partial charge < -0.3 is 15.2 Å². The van der Waals surface area contributed by atoms with Crippen LogP contribution < -0.4 is 5.32 Å². The lowest BCUT2D eigenvalue weighted by Gasteiger charge is -2.16. The summed E-state index contributed by atoms with van der Waals surface area (Å²) in [5, 5.41) is 22.5. The Hall–Kier alpha value is -1.99. The van der Waals surface area contributed by atoms with E-state index in [4.69, 9.17) is 9.84 Å². The summed E-state index contributed by atoms with van der Waals surface area (Å²) in [4.78, 5) is 22.4. The molecule has 7 heteroatoms. The van der Waals surface area contributed by atoms with Crippen LogP contribution in [0.2, 0.25) is 0 Å². The third-order valence-corrected chi connectivity index (χ3v) is 2.60. The maximum Gasteiger partial charge on any atom is 0.282 e. The number of nitrogens with one attached hydrogen (secondary N) is 1. The first-order valence-corrected chi connectivity index (χ1v) is 5.66. The predicted molar refractivity (Wildman–Crippen MR) is 68.0 cm³/mol. The molecule has 0 bridgehead atoms. The fourth-order valence-corrected chi connectivity index (χ4v) is 1.70. The summed E-state index contributed by atoms with van der Waals surface area (Å²) in [6.07, 6.45) is 0. The number of benzene rings is 1. The monoisotopic (exact) mass is 268 g/mol. The van der Waals surface area contributed by atoms with E-state index in [9.17, 15) is 14.9 Å². The highest BCUT2D eigenvalue weighted by Gasteiger charge is 2.23. The fraction of sp³-hybridized carbons (Fsp3) is 0.417. The number of hydrogen-bond donors (Lipinski definition) is 2. The van der Waals surface area contributed by atoms with Crippen LogP contribution in [0.1, 0.15) is 15.9 Å². The number of aliphatic hydroxyl groups excluding tert-OH is 1. The van der Waals surface area contributed by atoms with Gasteiger partial charge in [0, 0.05) is 13.2 Å². The molecule has 0 aliphatic rings. The smallest absolute Gasteiger partial charge is 0.282 e. The zero-order valence-corrected chi connectivity index (χ0v) is 10.8. The van der Waals surface area contributed by atoms with Gasteiger partial charge in [-0.05, 0) is 12.5 Å². The third-order valence-electron chi connectivity index (χ3n) is 2.60. The molecule has 0 heterocycles. The van der Waals surface area contributed by atoms with Gasteiger partial charge in [0.2, 0.25) is 0 Å². The standard InChI is InChI=1S/C12H16N2O5/c1-8-4-3-5-10(14(17)18)11(8)12(16)13-9(6-15)7-19-2/h3-5,9,15H,6-7H2,1-2H3,(H,13,16). The molecule has 0 radical (unpaired) electrons. The van der Waals surface area contributed by atoms with Crippen LogP contribution in [0.4, 0.5) is 5.69 Å². The van der Waals surface area contributed by atoms with Crippen LogP contribution in [-0.4, -0.2) is 42.3 Å². The molecule has 1 unspecified atom stereocenters. The van der Waals surface area contributed by atoms with E-state index in [-0.39, 0.29) is 24.5 Å². The molecule has 1 aromatic rings. The highest BCUT2D eigenvalue weighted by atomic mass is 16.6. The summed E-state index contributed by atoms with van der Waals surface area (Å²) in [6, 6.07) is 3.80. The van der Waals surface area contributed by atoms with Crippen LogP contribution >= 0.6 is 0 Å². The van der Waals surface area contributed by atoms with Gasteiger partial charge in [-0.15, -0.1) is 0 Å². The lowest BCUT2D eigenvalue weighted by molar-refractivity contribution is -0.385. The average Bonchev–Trinajstić information content (AvgIpc) is 2.37. The Morgan fingerprint density at radius 2 is 2.26 bits per heavy atom. The van der Waals surface area contributed by atoms with Crippen molar-refractivity contribution in [3.8, 4) is 0 Å². The number of methoxy groups -OCH3 is 1. The molecule has 2 N–H and O–H groups in total. The Morgan fingerprint density at radius 3 is 2.79 bits per heavy atom. The second-order valence-electron chi connectivity index (χ2n) is 4.03. The number of rotatable bonds is 6. The Bertz CT molecular complexity index is 475. The van der Waals surface area contributed by atoms with Gasteiger partial charge in [0.25, 0.3) is 11.6 Å².